The van der Waals surface area contributed by atoms with Gasteiger partial charge in [-0.15, -0.1) is 0 Å². The maximum absolute atomic E-state index is 13.7. The van der Waals surface area contributed by atoms with E-state index in [1.54, 1.807) is 6.07 Å². The monoisotopic (exact) mass is 506 g/mol. The summed E-state index contributed by atoms with van der Waals surface area (Å²) in [5.41, 5.74) is 5.76. The van der Waals surface area contributed by atoms with Gasteiger partial charge in [-0.3, -0.25) is 19.2 Å². The maximum atomic E-state index is 13.7. The van der Waals surface area contributed by atoms with Crippen LogP contribution in [-0.4, -0.2) is 65.8 Å². The van der Waals surface area contributed by atoms with Gasteiger partial charge in [0.1, 0.15) is 17.9 Å². The van der Waals surface area contributed by atoms with E-state index >= 15 is 0 Å². The van der Waals surface area contributed by atoms with E-state index in [9.17, 15) is 19.2 Å². The number of amides is 3. The van der Waals surface area contributed by atoms with Gasteiger partial charge in [0.05, 0.1) is 22.9 Å². The smallest absolute Gasteiger partial charge is 0.252 e. The fraction of sp³-hybridized carbons (Fsp3) is 0.600. The molecule has 1 heterocycles. The van der Waals surface area contributed by atoms with Crippen LogP contribution in [0.1, 0.15) is 63.7 Å². The number of nitrogens with one attached hydrogen (secondary N) is 2. The standard InChI is InChI=1S/C25H35ClN4O5/c1-5-35-20-13-15(31)12-18(20)28-23(33)19-7-6-10-30(19)24(34)21(25(2,3)4)29-22(32)14-8-9-17(27)16(26)11-14/h8-9,11,18-21H,5-7,10,12-13,27H2,1-4H3,(H,28,33)(H,29,32). The molecule has 4 atom stereocenters. The van der Waals surface area contributed by atoms with Crippen LogP contribution in [0, 0.1) is 5.41 Å². The van der Waals surface area contributed by atoms with Gasteiger partial charge in [0.2, 0.25) is 11.8 Å². The summed E-state index contributed by atoms with van der Waals surface area (Å²) in [6, 6.07) is 2.60. The molecule has 4 N–H and O–H groups in total. The molecule has 1 aliphatic carbocycles. The van der Waals surface area contributed by atoms with Crippen LogP contribution in [0.5, 0.6) is 0 Å². The highest BCUT2D eigenvalue weighted by atomic mass is 35.5. The van der Waals surface area contributed by atoms with E-state index in [-0.39, 0.29) is 47.1 Å². The minimum Gasteiger partial charge on any atom is -0.398 e. The summed E-state index contributed by atoms with van der Waals surface area (Å²) in [6.07, 6.45) is 1.33. The zero-order valence-electron chi connectivity index (χ0n) is 20.7. The average molecular weight is 507 g/mol. The first-order valence-corrected chi connectivity index (χ1v) is 12.4. The lowest BCUT2D eigenvalue weighted by Gasteiger charge is -2.35. The summed E-state index contributed by atoms with van der Waals surface area (Å²) in [5, 5.41) is 6.02. The molecule has 0 bridgehead atoms. The molecule has 10 heteroatoms. The second kappa shape index (κ2) is 11.0. The van der Waals surface area contributed by atoms with Crippen LogP contribution in [0.15, 0.2) is 18.2 Å². The van der Waals surface area contributed by atoms with Crippen molar-refractivity contribution < 1.29 is 23.9 Å². The van der Waals surface area contributed by atoms with Crippen LogP contribution in [0.3, 0.4) is 0 Å². The lowest BCUT2D eigenvalue weighted by atomic mass is 9.85. The normalized spacial score (nSPS) is 23.3. The molecule has 0 radical (unpaired) electrons. The van der Waals surface area contributed by atoms with Crippen molar-refractivity contribution in [3.63, 3.8) is 0 Å². The van der Waals surface area contributed by atoms with Crippen molar-refractivity contribution in [3.8, 4) is 0 Å². The number of rotatable bonds is 7. The number of hydrogen-bond donors (Lipinski definition) is 3. The van der Waals surface area contributed by atoms with Gasteiger partial charge in [0.15, 0.2) is 0 Å². The lowest BCUT2D eigenvalue weighted by molar-refractivity contribution is -0.142. The first kappa shape index (κ1) is 26.9. The first-order chi connectivity index (χ1) is 16.4. The van der Waals surface area contributed by atoms with Crippen molar-refractivity contribution in [2.24, 2.45) is 5.41 Å². The molecular weight excluding hydrogens is 472 g/mol. The second-order valence-electron chi connectivity index (χ2n) is 10.3. The molecular formula is C25H35ClN4O5. The Balaban J connectivity index is 1.74. The van der Waals surface area contributed by atoms with E-state index in [2.05, 4.69) is 10.6 Å². The number of benzene rings is 1. The van der Waals surface area contributed by atoms with Crippen LogP contribution in [0.2, 0.25) is 5.02 Å². The van der Waals surface area contributed by atoms with Crippen molar-refractivity contribution in [1.29, 1.82) is 0 Å². The highest BCUT2D eigenvalue weighted by Gasteiger charge is 2.43. The molecule has 4 unspecified atom stereocenters. The first-order valence-electron chi connectivity index (χ1n) is 12.0. The Labute approximate surface area is 211 Å². The molecule has 0 aromatic heterocycles. The lowest BCUT2D eigenvalue weighted by Crippen LogP contribution is -2.58. The molecule has 192 valence electrons. The fourth-order valence-electron chi connectivity index (χ4n) is 4.64. The zero-order chi connectivity index (χ0) is 25.9. The summed E-state index contributed by atoms with van der Waals surface area (Å²) in [5.74, 6) is -1.03. The largest absolute Gasteiger partial charge is 0.398 e. The molecule has 2 aliphatic rings. The molecule has 1 saturated heterocycles. The number of hydrogen-bond acceptors (Lipinski definition) is 6. The molecule has 3 amide bonds. The number of ketones is 1. The van der Waals surface area contributed by atoms with Gasteiger partial charge in [-0.2, -0.15) is 0 Å². The molecule has 1 aromatic carbocycles. The number of likely N-dealkylation sites (tertiary alicyclic amines) is 1. The molecule has 0 spiro atoms. The molecule has 3 rings (SSSR count). The number of halogens is 1. The third kappa shape index (κ3) is 6.32. The van der Waals surface area contributed by atoms with Crippen molar-refractivity contribution in [2.45, 2.75) is 77.6 Å². The van der Waals surface area contributed by atoms with Gasteiger partial charge < -0.3 is 26.0 Å². The summed E-state index contributed by atoms with van der Waals surface area (Å²) in [4.78, 5) is 53.2. The average Bonchev–Trinajstić information content (AvgIpc) is 3.39. The molecule has 1 aromatic rings. The van der Waals surface area contributed by atoms with Crippen molar-refractivity contribution in [2.75, 3.05) is 18.9 Å². The van der Waals surface area contributed by atoms with E-state index in [0.717, 1.165) is 0 Å². The van der Waals surface area contributed by atoms with Crippen molar-refractivity contribution in [3.05, 3.63) is 28.8 Å². The molecule has 2 fully saturated rings. The summed E-state index contributed by atoms with van der Waals surface area (Å²) in [7, 11) is 0. The second-order valence-corrected chi connectivity index (χ2v) is 10.7. The number of nitrogen functional groups attached to an aromatic ring is 1. The summed E-state index contributed by atoms with van der Waals surface area (Å²) in [6.45, 7) is 8.27. The van der Waals surface area contributed by atoms with E-state index in [1.165, 1.54) is 17.0 Å². The molecule has 9 nitrogen and oxygen atoms in total. The quantitative estimate of drug-likeness (QED) is 0.486. The Morgan fingerprint density at radius 1 is 1.26 bits per heavy atom. The van der Waals surface area contributed by atoms with Crippen LogP contribution in [0.4, 0.5) is 5.69 Å². The minimum atomic E-state index is -0.871. The third-order valence-corrected chi connectivity index (χ3v) is 6.85. The van der Waals surface area contributed by atoms with Crippen LogP contribution < -0.4 is 16.4 Å². The van der Waals surface area contributed by atoms with Crippen molar-refractivity contribution in [1.82, 2.24) is 15.5 Å². The molecule has 1 saturated carbocycles. The van der Waals surface area contributed by atoms with Crippen molar-refractivity contribution >= 4 is 40.8 Å². The van der Waals surface area contributed by atoms with Crippen LogP contribution in [0.25, 0.3) is 0 Å². The van der Waals surface area contributed by atoms with E-state index in [1.807, 2.05) is 27.7 Å². The van der Waals surface area contributed by atoms with Gasteiger partial charge in [0, 0.05) is 31.6 Å². The highest BCUT2D eigenvalue weighted by molar-refractivity contribution is 6.33. The SMILES string of the molecule is CCOC1CC(=O)CC1NC(=O)C1CCCN1C(=O)C(NC(=O)c1ccc(N)c(Cl)c1)C(C)(C)C. The van der Waals surface area contributed by atoms with Crippen LogP contribution >= 0.6 is 11.6 Å². The maximum Gasteiger partial charge on any atom is 0.252 e. The number of carbonyl (C=O) groups excluding carboxylic acids is 4. The number of nitrogens with zero attached hydrogens (tertiary/aromatic N) is 1. The number of anilines is 1. The number of nitrogens with two attached hydrogens (primary N) is 1. The van der Waals surface area contributed by atoms with Gasteiger partial charge in [0.25, 0.3) is 5.91 Å². The van der Waals surface area contributed by atoms with E-state index in [0.29, 0.717) is 31.7 Å². The topological polar surface area (TPSA) is 131 Å². The fourth-order valence-corrected chi connectivity index (χ4v) is 4.82. The Morgan fingerprint density at radius 2 is 1.97 bits per heavy atom. The van der Waals surface area contributed by atoms with E-state index < -0.39 is 29.4 Å². The summed E-state index contributed by atoms with van der Waals surface area (Å²) >= 11 is 6.06. The Kier molecular flexibility index (Phi) is 8.43. The van der Waals surface area contributed by atoms with E-state index in [4.69, 9.17) is 22.1 Å². The molecule has 35 heavy (non-hydrogen) atoms. The van der Waals surface area contributed by atoms with Gasteiger partial charge in [-0.1, -0.05) is 32.4 Å². The number of carbonyl (C=O) groups is 4. The molecule has 1 aliphatic heterocycles. The minimum absolute atomic E-state index is 0.0476. The summed E-state index contributed by atoms with van der Waals surface area (Å²) < 4.78 is 5.63. The predicted molar refractivity (Wildman–Crippen MR) is 133 cm³/mol. The third-order valence-electron chi connectivity index (χ3n) is 6.52. The number of ether oxygens (including phenoxy) is 1. The highest BCUT2D eigenvalue weighted by Crippen LogP contribution is 2.28. The predicted octanol–water partition coefficient (Wildman–Crippen LogP) is 2.31. The Hall–Kier alpha value is -2.65. The van der Waals surface area contributed by atoms with Crippen LogP contribution in [-0.2, 0) is 19.1 Å². The Bertz CT molecular complexity index is 993. The van der Waals surface area contributed by atoms with Gasteiger partial charge in [-0.25, -0.2) is 0 Å². The van der Waals surface area contributed by atoms with Gasteiger partial charge >= 0.3 is 0 Å². The Morgan fingerprint density at radius 3 is 2.60 bits per heavy atom. The number of Topliss-reactive ketones (excluding diaryl/α,β-unsaturated/α-hetero) is 1. The zero-order valence-corrected chi connectivity index (χ0v) is 21.5. The van der Waals surface area contributed by atoms with Gasteiger partial charge in [-0.05, 0) is 43.4 Å².